The number of aromatic nitrogens is 2. The number of nitrogens with two attached hydrogens (primary N) is 2. The van der Waals surface area contributed by atoms with Gasteiger partial charge in [-0.05, 0) is 25.0 Å². The summed E-state index contributed by atoms with van der Waals surface area (Å²) < 4.78 is 14.5. The molecule has 0 aromatic carbocycles. The standard InChI is InChI=1S/C18H21FN6O3/c19-12-6-11(15(21)26)16(23-10-5-9(18(27)28)7-22-8-10)25-17(12)24-14-4-2-1-3-13(14)20/h5-8,13-14H,1-4,20H2,(H2,21,26)(H,27,28)(H2,23,24,25). The van der Waals surface area contributed by atoms with Crippen LogP contribution in [0, 0.1) is 5.82 Å². The molecule has 3 rings (SSSR count). The van der Waals surface area contributed by atoms with E-state index in [1.165, 1.54) is 18.5 Å². The van der Waals surface area contributed by atoms with Gasteiger partial charge in [-0.25, -0.2) is 14.2 Å². The Labute approximate surface area is 160 Å². The van der Waals surface area contributed by atoms with Crippen LogP contribution in [-0.4, -0.2) is 39.0 Å². The van der Waals surface area contributed by atoms with Crippen LogP contribution in [0.2, 0.25) is 0 Å². The van der Waals surface area contributed by atoms with Gasteiger partial charge in [-0.2, -0.15) is 0 Å². The molecule has 0 saturated heterocycles. The van der Waals surface area contributed by atoms with E-state index in [1.54, 1.807) is 0 Å². The molecule has 1 aliphatic carbocycles. The predicted octanol–water partition coefficient (Wildman–Crippen LogP) is 1.84. The van der Waals surface area contributed by atoms with E-state index in [4.69, 9.17) is 16.6 Å². The Morgan fingerprint density at radius 1 is 1.18 bits per heavy atom. The zero-order valence-corrected chi connectivity index (χ0v) is 15.0. The lowest BCUT2D eigenvalue weighted by Gasteiger charge is -2.30. The predicted molar refractivity (Wildman–Crippen MR) is 101 cm³/mol. The van der Waals surface area contributed by atoms with Crippen molar-refractivity contribution < 1.29 is 19.1 Å². The van der Waals surface area contributed by atoms with Crippen LogP contribution < -0.4 is 22.1 Å². The largest absolute Gasteiger partial charge is 0.478 e. The summed E-state index contributed by atoms with van der Waals surface area (Å²) in [6.45, 7) is 0. The second kappa shape index (κ2) is 8.17. The Bertz CT molecular complexity index is 907. The van der Waals surface area contributed by atoms with Crippen LogP contribution in [0.3, 0.4) is 0 Å². The first-order valence-electron chi connectivity index (χ1n) is 8.83. The molecule has 1 saturated carbocycles. The number of carbonyl (C=O) groups is 2. The number of carboxylic acids is 1. The zero-order chi connectivity index (χ0) is 20.3. The molecule has 28 heavy (non-hydrogen) atoms. The smallest absolute Gasteiger partial charge is 0.337 e. The van der Waals surface area contributed by atoms with Crippen molar-refractivity contribution in [3.8, 4) is 0 Å². The monoisotopic (exact) mass is 388 g/mol. The lowest BCUT2D eigenvalue weighted by molar-refractivity contribution is 0.0696. The van der Waals surface area contributed by atoms with E-state index in [0.29, 0.717) is 0 Å². The number of pyridine rings is 2. The molecular formula is C18H21FN6O3. The second-order valence-corrected chi connectivity index (χ2v) is 6.67. The van der Waals surface area contributed by atoms with Gasteiger partial charge in [0.05, 0.1) is 23.0 Å². The molecule has 0 bridgehead atoms. The van der Waals surface area contributed by atoms with Gasteiger partial charge in [0, 0.05) is 18.3 Å². The number of rotatable bonds is 6. The SMILES string of the molecule is NC(=O)c1cc(F)c(NC2CCCCC2N)nc1Nc1cncc(C(=O)O)c1. The molecule has 10 heteroatoms. The Balaban J connectivity index is 1.93. The highest BCUT2D eigenvalue weighted by atomic mass is 19.1. The van der Waals surface area contributed by atoms with Crippen molar-refractivity contribution >= 4 is 29.2 Å². The van der Waals surface area contributed by atoms with E-state index >= 15 is 0 Å². The van der Waals surface area contributed by atoms with Crippen LogP contribution in [0.4, 0.5) is 21.7 Å². The summed E-state index contributed by atoms with van der Waals surface area (Å²) in [5.74, 6) is -2.83. The van der Waals surface area contributed by atoms with E-state index in [9.17, 15) is 14.0 Å². The molecule has 1 aliphatic rings. The van der Waals surface area contributed by atoms with Gasteiger partial charge in [0.15, 0.2) is 11.6 Å². The minimum absolute atomic E-state index is 0.00915. The molecule has 2 unspecified atom stereocenters. The Hall–Kier alpha value is -3.27. The van der Waals surface area contributed by atoms with Gasteiger partial charge >= 0.3 is 5.97 Å². The number of aromatic carboxylic acids is 1. The van der Waals surface area contributed by atoms with Crippen molar-refractivity contribution in [3.05, 3.63) is 41.5 Å². The van der Waals surface area contributed by atoms with Crippen molar-refractivity contribution in [2.45, 2.75) is 37.8 Å². The summed E-state index contributed by atoms with van der Waals surface area (Å²) in [5, 5.41) is 14.9. The van der Waals surface area contributed by atoms with Crippen LogP contribution in [0.25, 0.3) is 0 Å². The molecule has 9 nitrogen and oxygen atoms in total. The maximum absolute atomic E-state index is 14.5. The molecule has 0 radical (unpaired) electrons. The number of carboxylic acid groups (broad SMARTS) is 1. The fraction of sp³-hybridized carbons (Fsp3) is 0.333. The van der Waals surface area contributed by atoms with Gasteiger partial charge in [-0.15, -0.1) is 0 Å². The Kier molecular flexibility index (Phi) is 5.69. The molecule has 7 N–H and O–H groups in total. The van der Waals surface area contributed by atoms with Crippen molar-refractivity contribution in [1.29, 1.82) is 0 Å². The third kappa shape index (κ3) is 4.34. The van der Waals surface area contributed by atoms with E-state index in [1.807, 2.05) is 0 Å². The van der Waals surface area contributed by atoms with Gasteiger partial charge in [0.25, 0.3) is 5.91 Å². The van der Waals surface area contributed by atoms with E-state index < -0.39 is 17.7 Å². The first-order chi connectivity index (χ1) is 13.3. The maximum Gasteiger partial charge on any atom is 0.337 e. The maximum atomic E-state index is 14.5. The number of hydrogen-bond donors (Lipinski definition) is 5. The van der Waals surface area contributed by atoms with Crippen molar-refractivity contribution in [3.63, 3.8) is 0 Å². The van der Waals surface area contributed by atoms with Crippen LogP contribution in [0.5, 0.6) is 0 Å². The fourth-order valence-electron chi connectivity index (χ4n) is 3.15. The Morgan fingerprint density at radius 3 is 2.61 bits per heavy atom. The van der Waals surface area contributed by atoms with Crippen LogP contribution in [0.1, 0.15) is 46.4 Å². The number of carbonyl (C=O) groups excluding carboxylic acids is 1. The second-order valence-electron chi connectivity index (χ2n) is 6.67. The highest BCUT2D eigenvalue weighted by molar-refractivity contribution is 5.98. The van der Waals surface area contributed by atoms with Crippen molar-refractivity contribution in [2.75, 3.05) is 10.6 Å². The molecule has 2 aromatic heterocycles. The van der Waals surface area contributed by atoms with E-state index in [2.05, 4.69) is 20.6 Å². The highest BCUT2D eigenvalue weighted by Crippen LogP contribution is 2.26. The molecular weight excluding hydrogens is 367 g/mol. The third-order valence-electron chi connectivity index (χ3n) is 4.63. The molecule has 148 valence electrons. The summed E-state index contributed by atoms with van der Waals surface area (Å²) in [7, 11) is 0. The fourth-order valence-corrected chi connectivity index (χ4v) is 3.15. The minimum Gasteiger partial charge on any atom is -0.478 e. The van der Waals surface area contributed by atoms with Gasteiger partial charge in [0.1, 0.15) is 5.82 Å². The summed E-state index contributed by atoms with van der Waals surface area (Å²) in [6, 6.07) is 2.04. The molecule has 1 amide bonds. The summed E-state index contributed by atoms with van der Waals surface area (Å²) >= 11 is 0. The quantitative estimate of drug-likeness (QED) is 0.502. The molecule has 1 fully saturated rings. The first-order valence-corrected chi connectivity index (χ1v) is 8.83. The summed E-state index contributed by atoms with van der Waals surface area (Å²) in [6.07, 6.45) is 6.15. The average Bonchev–Trinajstić information content (AvgIpc) is 2.66. The summed E-state index contributed by atoms with van der Waals surface area (Å²) in [5.41, 5.74) is 11.5. The van der Waals surface area contributed by atoms with Gasteiger partial charge in [0.2, 0.25) is 0 Å². The number of hydrogen-bond acceptors (Lipinski definition) is 7. The zero-order valence-electron chi connectivity index (χ0n) is 15.0. The lowest BCUT2D eigenvalue weighted by Crippen LogP contribution is -2.43. The van der Waals surface area contributed by atoms with Crippen LogP contribution in [0.15, 0.2) is 24.5 Å². The average molecular weight is 388 g/mol. The summed E-state index contributed by atoms with van der Waals surface area (Å²) in [4.78, 5) is 30.8. The number of nitrogens with one attached hydrogen (secondary N) is 2. The highest BCUT2D eigenvalue weighted by Gasteiger charge is 2.24. The number of amides is 1. The molecule has 0 spiro atoms. The number of nitrogens with zero attached hydrogens (tertiary/aromatic N) is 2. The van der Waals surface area contributed by atoms with Crippen LogP contribution >= 0.6 is 0 Å². The number of anilines is 3. The molecule has 2 aromatic rings. The van der Waals surface area contributed by atoms with E-state index in [0.717, 1.165) is 31.7 Å². The van der Waals surface area contributed by atoms with Crippen LogP contribution in [-0.2, 0) is 0 Å². The molecule has 2 heterocycles. The van der Waals surface area contributed by atoms with Gasteiger partial charge < -0.3 is 27.2 Å². The number of primary amides is 1. The topological polar surface area (TPSA) is 156 Å². The van der Waals surface area contributed by atoms with E-state index in [-0.39, 0.29) is 40.5 Å². The number of halogens is 1. The van der Waals surface area contributed by atoms with Gasteiger partial charge in [-0.3, -0.25) is 9.78 Å². The first kappa shape index (κ1) is 19.5. The van der Waals surface area contributed by atoms with Gasteiger partial charge in [-0.1, -0.05) is 12.8 Å². The molecule has 2 atom stereocenters. The molecule has 0 aliphatic heterocycles. The van der Waals surface area contributed by atoms with Crippen molar-refractivity contribution in [1.82, 2.24) is 9.97 Å². The normalized spacial score (nSPS) is 19.1. The van der Waals surface area contributed by atoms with Crippen molar-refractivity contribution in [2.24, 2.45) is 11.5 Å². The Morgan fingerprint density at radius 2 is 1.93 bits per heavy atom. The lowest BCUT2D eigenvalue weighted by atomic mass is 9.91. The third-order valence-corrected chi connectivity index (χ3v) is 4.63. The minimum atomic E-state index is -1.16.